The number of rotatable bonds is 12. The van der Waals surface area contributed by atoms with E-state index in [0.29, 0.717) is 41.0 Å². The van der Waals surface area contributed by atoms with Crippen molar-refractivity contribution < 1.29 is 14.7 Å². The first-order valence-electron chi connectivity index (χ1n) is 17.1. The third kappa shape index (κ3) is 9.08. The van der Waals surface area contributed by atoms with Crippen LogP contribution < -0.4 is 27.0 Å². The van der Waals surface area contributed by atoms with E-state index in [1.54, 1.807) is 24.3 Å². The van der Waals surface area contributed by atoms with Gasteiger partial charge in [-0.25, -0.2) is 0 Å². The van der Waals surface area contributed by atoms with Crippen molar-refractivity contribution in [2.45, 2.75) is 63.3 Å². The van der Waals surface area contributed by atoms with Crippen LogP contribution >= 0.6 is 11.6 Å². The number of nitrogens with two attached hydrogens (primary N) is 1. The molecule has 3 aromatic carbocycles. The molecule has 49 heavy (non-hydrogen) atoms. The number of aliphatic hydroxyl groups excluding tert-OH is 1. The summed E-state index contributed by atoms with van der Waals surface area (Å²) in [5.41, 5.74) is 10.4. The predicted molar refractivity (Wildman–Crippen MR) is 190 cm³/mol. The van der Waals surface area contributed by atoms with Crippen molar-refractivity contribution in [3.05, 3.63) is 82.9 Å². The molecule has 2 atom stereocenters. The van der Waals surface area contributed by atoms with E-state index in [4.69, 9.17) is 17.3 Å². The fraction of sp³-hybridized carbons (Fsp3) is 0.417. The molecule has 2 fully saturated rings. The average Bonchev–Trinajstić information content (AvgIpc) is 3.68. The zero-order valence-electron chi connectivity index (χ0n) is 27.4. The van der Waals surface area contributed by atoms with Crippen molar-refractivity contribution in [2.75, 3.05) is 25.0 Å². The quantitative estimate of drug-likeness (QED) is 0.109. The number of aromatic nitrogens is 4. The van der Waals surface area contributed by atoms with E-state index < -0.39 is 12.3 Å². The van der Waals surface area contributed by atoms with Gasteiger partial charge in [-0.3, -0.25) is 14.9 Å². The van der Waals surface area contributed by atoms with Crippen LogP contribution in [0.25, 0.3) is 22.5 Å². The van der Waals surface area contributed by atoms with Gasteiger partial charge in [-0.05, 0) is 129 Å². The summed E-state index contributed by atoms with van der Waals surface area (Å²) in [6.45, 7) is 2.46. The highest BCUT2D eigenvalue weighted by Crippen LogP contribution is 2.31. The maximum atomic E-state index is 13.7. The van der Waals surface area contributed by atoms with E-state index in [-0.39, 0.29) is 23.8 Å². The van der Waals surface area contributed by atoms with E-state index >= 15 is 0 Å². The first-order chi connectivity index (χ1) is 23.9. The summed E-state index contributed by atoms with van der Waals surface area (Å²) < 4.78 is 0. The summed E-state index contributed by atoms with van der Waals surface area (Å²) in [4.78, 5) is 26.5. The van der Waals surface area contributed by atoms with Crippen LogP contribution in [0.3, 0.4) is 0 Å². The number of carbonyl (C=O) groups is 2. The van der Waals surface area contributed by atoms with Crippen LogP contribution in [-0.4, -0.2) is 75.5 Å². The molecule has 0 bridgehead atoms. The number of amides is 2. The molecule has 0 spiro atoms. The van der Waals surface area contributed by atoms with Gasteiger partial charge in [0.15, 0.2) is 0 Å². The van der Waals surface area contributed by atoms with Gasteiger partial charge in [0.25, 0.3) is 5.91 Å². The standard InChI is InChI=1S/C36H44ClN9O3/c37-31-20-27(35(48)40-29-15-17-39-18-16-29)11-14-30(31)24-5-1-22(2-6-24)19-32(42-34(47)26-7-3-23(21-38)4-8-26)36(49)41-28-12-9-25(10-13-28)33-43-45-46-44-33/h1-2,5-6,9-14,20,23,26,29,32,34,39,42,47H,3-4,7-8,15-19,21,38H2,(H,40,48)(H,41,49)(H,43,44,45,46)/t23?,26?,32-,34+/m0/s1. The van der Waals surface area contributed by atoms with Gasteiger partial charge in [0, 0.05) is 33.4 Å². The molecular formula is C36H44ClN9O3. The molecule has 13 heteroatoms. The van der Waals surface area contributed by atoms with Crippen LogP contribution in [0.2, 0.25) is 5.02 Å². The minimum absolute atomic E-state index is 0.0431. The molecule has 0 radical (unpaired) electrons. The zero-order valence-corrected chi connectivity index (χ0v) is 28.1. The molecule has 6 rings (SSSR count). The Labute approximate surface area is 291 Å². The lowest BCUT2D eigenvalue weighted by Gasteiger charge is -2.33. The minimum atomic E-state index is -0.835. The van der Waals surface area contributed by atoms with Crippen LogP contribution in [0.5, 0.6) is 0 Å². The van der Waals surface area contributed by atoms with Gasteiger partial charge in [0.05, 0.1) is 6.04 Å². The number of anilines is 1. The number of aliphatic hydroxyl groups is 1. The van der Waals surface area contributed by atoms with Crippen LogP contribution in [0.1, 0.15) is 54.4 Å². The van der Waals surface area contributed by atoms with Crippen molar-refractivity contribution in [3.8, 4) is 22.5 Å². The van der Waals surface area contributed by atoms with Crippen molar-refractivity contribution in [1.29, 1.82) is 0 Å². The van der Waals surface area contributed by atoms with Gasteiger partial charge in [-0.1, -0.05) is 41.9 Å². The third-order valence-electron chi connectivity index (χ3n) is 9.73. The number of nitrogens with one attached hydrogen (secondary N) is 5. The normalized spacial score (nSPS) is 19.6. The number of hydrogen-bond donors (Lipinski definition) is 7. The van der Waals surface area contributed by atoms with E-state index in [9.17, 15) is 14.7 Å². The molecule has 0 unspecified atom stereocenters. The largest absolute Gasteiger partial charge is 0.378 e. The fourth-order valence-corrected chi connectivity index (χ4v) is 7.00. The molecule has 8 N–H and O–H groups in total. The van der Waals surface area contributed by atoms with Crippen LogP contribution in [-0.2, 0) is 11.2 Å². The molecule has 1 aliphatic heterocycles. The maximum absolute atomic E-state index is 13.7. The van der Waals surface area contributed by atoms with E-state index in [2.05, 4.69) is 41.9 Å². The van der Waals surface area contributed by atoms with E-state index in [0.717, 1.165) is 73.9 Å². The highest BCUT2D eigenvalue weighted by molar-refractivity contribution is 6.33. The monoisotopic (exact) mass is 685 g/mol. The Balaban J connectivity index is 1.13. The fourth-order valence-electron chi connectivity index (χ4n) is 6.71. The van der Waals surface area contributed by atoms with E-state index in [1.807, 2.05) is 42.5 Å². The number of hydrogen-bond acceptors (Lipinski definition) is 9. The summed E-state index contributed by atoms with van der Waals surface area (Å²) in [7, 11) is 0. The molecule has 4 aromatic rings. The molecular weight excluding hydrogens is 642 g/mol. The predicted octanol–water partition coefficient (Wildman–Crippen LogP) is 3.89. The first-order valence-corrected chi connectivity index (χ1v) is 17.4. The van der Waals surface area contributed by atoms with Crippen LogP contribution in [0.4, 0.5) is 5.69 Å². The Morgan fingerprint density at radius 2 is 1.65 bits per heavy atom. The molecule has 1 aromatic heterocycles. The summed E-state index contributed by atoms with van der Waals surface area (Å²) >= 11 is 6.68. The second-order valence-corrected chi connectivity index (χ2v) is 13.5. The van der Waals surface area contributed by atoms with Gasteiger partial charge >= 0.3 is 0 Å². The summed E-state index contributed by atoms with van der Waals surface area (Å²) in [5.74, 6) is 0.612. The number of nitrogens with zero attached hydrogens (tertiary/aromatic N) is 3. The molecule has 2 heterocycles. The minimum Gasteiger partial charge on any atom is -0.378 e. The SMILES string of the molecule is NCC1CCC([C@@H](O)N[C@@H](Cc2ccc(-c3ccc(C(=O)NC4CCNCC4)cc3Cl)cc2)C(=O)Nc2ccc(-c3nn[nH]n3)cc2)CC1. The second-order valence-electron chi connectivity index (χ2n) is 13.1. The molecule has 12 nitrogen and oxygen atoms in total. The zero-order chi connectivity index (χ0) is 34.2. The van der Waals surface area contributed by atoms with E-state index in [1.165, 1.54) is 0 Å². The maximum Gasteiger partial charge on any atom is 0.251 e. The summed E-state index contributed by atoms with van der Waals surface area (Å²) in [6.07, 6.45) is 4.99. The first kappa shape index (κ1) is 34.7. The average molecular weight is 686 g/mol. The van der Waals surface area contributed by atoms with Crippen molar-refractivity contribution in [1.82, 2.24) is 36.6 Å². The Hall–Kier alpha value is -4.20. The Morgan fingerprint density at radius 1 is 0.939 bits per heavy atom. The lowest BCUT2D eigenvalue weighted by molar-refractivity contribution is -0.119. The van der Waals surface area contributed by atoms with Gasteiger partial charge < -0.3 is 26.8 Å². The Bertz CT molecular complexity index is 1670. The number of aromatic amines is 1. The molecule has 258 valence electrons. The van der Waals surface area contributed by atoms with Crippen molar-refractivity contribution in [3.63, 3.8) is 0 Å². The second kappa shape index (κ2) is 16.5. The molecule has 1 aliphatic carbocycles. The lowest BCUT2D eigenvalue weighted by atomic mass is 9.81. The molecule has 2 amide bonds. The number of benzene rings is 3. The van der Waals surface area contributed by atoms with Crippen molar-refractivity contribution >= 4 is 29.1 Å². The molecule has 1 saturated heterocycles. The number of H-pyrrole nitrogens is 1. The number of halogens is 1. The van der Waals surface area contributed by atoms with Crippen molar-refractivity contribution in [2.24, 2.45) is 17.6 Å². The number of carbonyl (C=O) groups excluding carboxylic acids is 2. The molecule has 2 aliphatic rings. The van der Waals surface area contributed by atoms with Gasteiger partial charge in [0.1, 0.15) is 6.23 Å². The Morgan fingerprint density at radius 3 is 2.31 bits per heavy atom. The highest BCUT2D eigenvalue weighted by Gasteiger charge is 2.30. The van der Waals surface area contributed by atoms with Gasteiger partial charge in [-0.2, -0.15) is 5.21 Å². The van der Waals surface area contributed by atoms with Gasteiger partial charge in [-0.15, -0.1) is 10.2 Å². The third-order valence-corrected chi connectivity index (χ3v) is 10.0. The molecule has 1 saturated carbocycles. The topological polar surface area (TPSA) is 183 Å². The Kier molecular flexibility index (Phi) is 11.6. The summed E-state index contributed by atoms with van der Waals surface area (Å²) in [5, 5.41) is 38.4. The number of tetrazole rings is 1. The van der Waals surface area contributed by atoms with Crippen LogP contribution in [0, 0.1) is 11.8 Å². The lowest BCUT2D eigenvalue weighted by Crippen LogP contribution is -2.50. The van der Waals surface area contributed by atoms with Crippen LogP contribution in [0.15, 0.2) is 66.7 Å². The smallest absolute Gasteiger partial charge is 0.251 e. The highest BCUT2D eigenvalue weighted by atomic mass is 35.5. The summed E-state index contributed by atoms with van der Waals surface area (Å²) in [6, 6.07) is 19.9. The van der Waals surface area contributed by atoms with Gasteiger partial charge in [0.2, 0.25) is 11.7 Å². The number of piperidine rings is 1.